The van der Waals surface area contributed by atoms with Gasteiger partial charge < -0.3 is 4.42 Å². The molecule has 0 amide bonds. The number of hydrogen-bond donors (Lipinski definition) is 0. The molecule has 1 aromatic rings. The standard InChI is InChI=1S/C13H17F3N2O3S/c1-9-17-5-10(21-9)6-18-7-11-12(8-18,13(14,15)16)3-2-4-22(11,19)20/h5,11H,2-4,6-8H2,1H3/t11-,12-/m1/s1. The number of rotatable bonds is 2. The van der Waals surface area contributed by atoms with Crippen molar-refractivity contribution in [3.8, 4) is 0 Å². The Balaban J connectivity index is 1.90. The quantitative estimate of drug-likeness (QED) is 0.824. The van der Waals surface area contributed by atoms with Crippen LogP contribution in [0.2, 0.25) is 0 Å². The van der Waals surface area contributed by atoms with E-state index in [9.17, 15) is 21.6 Å². The Kier molecular flexibility index (Phi) is 3.56. The topological polar surface area (TPSA) is 63.4 Å². The third-order valence-electron chi connectivity index (χ3n) is 4.64. The minimum absolute atomic E-state index is 0.0631. The molecule has 2 atom stereocenters. The first-order valence-electron chi connectivity index (χ1n) is 7.06. The second-order valence-corrected chi connectivity index (χ2v) is 8.43. The van der Waals surface area contributed by atoms with E-state index >= 15 is 0 Å². The Morgan fingerprint density at radius 3 is 2.77 bits per heavy atom. The van der Waals surface area contributed by atoms with E-state index in [4.69, 9.17) is 4.42 Å². The molecule has 1 aromatic heterocycles. The molecular weight excluding hydrogens is 321 g/mol. The molecule has 0 spiro atoms. The van der Waals surface area contributed by atoms with Gasteiger partial charge in [0, 0.05) is 20.0 Å². The molecule has 3 heterocycles. The lowest BCUT2D eigenvalue weighted by atomic mass is 9.81. The third-order valence-corrected chi connectivity index (χ3v) is 6.97. The number of fused-ring (bicyclic) bond motifs is 1. The van der Waals surface area contributed by atoms with Crippen LogP contribution >= 0.6 is 0 Å². The first-order valence-corrected chi connectivity index (χ1v) is 8.78. The maximum absolute atomic E-state index is 13.6. The Labute approximate surface area is 126 Å². The van der Waals surface area contributed by atoms with Crippen molar-refractivity contribution in [3.63, 3.8) is 0 Å². The summed E-state index contributed by atoms with van der Waals surface area (Å²) < 4.78 is 70.5. The van der Waals surface area contributed by atoms with Crippen molar-refractivity contribution in [3.05, 3.63) is 17.8 Å². The van der Waals surface area contributed by atoms with E-state index < -0.39 is 26.7 Å². The van der Waals surface area contributed by atoms with Gasteiger partial charge in [-0.05, 0) is 12.8 Å². The predicted molar refractivity (Wildman–Crippen MR) is 71.8 cm³/mol. The van der Waals surface area contributed by atoms with Gasteiger partial charge in [-0.2, -0.15) is 13.2 Å². The molecule has 0 aromatic carbocycles. The van der Waals surface area contributed by atoms with Gasteiger partial charge in [0.1, 0.15) is 5.76 Å². The monoisotopic (exact) mass is 338 g/mol. The van der Waals surface area contributed by atoms with Gasteiger partial charge in [-0.1, -0.05) is 0 Å². The normalized spacial score (nSPS) is 32.1. The largest absolute Gasteiger partial charge is 0.445 e. The van der Waals surface area contributed by atoms with Crippen LogP contribution in [0.4, 0.5) is 13.2 Å². The smallest absolute Gasteiger partial charge is 0.397 e. The zero-order chi connectivity index (χ0) is 16.2. The summed E-state index contributed by atoms with van der Waals surface area (Å²) in [5.41, 5.74) is -2.15. The fraction of sp³-hybridized carbons (Fsp3) is 0.769. The van der Waals surface area contributed by atoms with E-state index in [1.807, 2.05) is 0 Å². The summed E-state index contributed by atoms with van der Waals surface area (Å²) in [5, 5.41) is -1.38. The number of sulfone groups is 1. The Morgan fingerprint density at radius 1 is 1.50 bits per heavy atom. The molecule has 2 saturated heterocycles. The first-order chi connectivity index (χ1) is 10.1. The minimum Gasteiger partial charge on any atom is -0.445 e. The van der Waals surface area contributed by atoms with Gasteiger partial charge in [0.2, 0.25) is 0 Å². The molecule has 5 nitrogen and oxygen atoms in total. The molecular formula is C13H17F3N2O3S. The van der Waals surface area contributed by atoms with E-state index in [2.05, 4.69) is 4.98 Å². The Bertz CT molecular complexity index is 670. The highest BCUT2D eigenvalue weighted by molar-refractivity contribution is 7.92. The summed E-state index contributed by atoms with van der Waals surface area (Å²) >= 11 is 0. The average molecular weight is 338 g/mol. The van der Waals surface area contributed by atoms with Gasteiger partial charge in [-0.15, -0.1) is 0 Å². The number of nitrogens with zero attached hydrogens (tertiary/aromatic N) is 2. The van der Waals surface area contributed by atoms with Gasteiger partial charge in [-0.25, -0.2) is 13.4 Å². The lowest BCUT2D eigenvalue weighted by molar-refractivity contribution is -0.221. The minimum atomic E-state index is -4.53. The van der Waals surface area contributed by atoms with E-state index in [1.165, 1.54) is 11.1 Å². The number of halogens is 3. The molecule has 2 aliphatic heterocycles. The van der Waals surface area contributed by atoms with Crippen molar-refractivity contribution >= 4 is 9.84 Å². The fourth-order valence-corrected chi connectivity index (χ4v) is 5.92. The van der Waals surface area contributed by atoms with Crippen molar-refractivity contribution in [1.82, 2.24) is 9.88 Å². The molecule has 3 rings (SSSR count). The number of oxazole rings is 1. The summed E-state index contributed by atoms with van der Waals surface area (Å²) in [7, 11) is -3.73. The molecule has 0 bridgehead atoms. The van der Waals surface area contributed by atoms with Crippen LogP contribution in [0, 0.1) is 12.3 Å². The molecule has 9 heteroatoms. The Morgan fingerprint density at radius 2 is 2.23 bits per heavy atom. The summed E-state index contributed by atoms with van der Waals surface area (Å²) in [6, 6.07) is 0. The average Bonchev–Trinajstić information content (AvgIpc) is 2.94. The first kappa shape index (κ1) is 15.8. The van der Waals surface area contributed by atoms with Gasteiger partial charge in [-0.3, -0.25) is 4.90 Å². The van der Waals surface area contributed by atoms with Crippen molar-refractivity contribution in [2.24, 2.45) is 5.41 Å². The van der Waals surface area contributed by atoms with Crippen LogP contribution in [0.15, 0.2) is 10.6 Å². The summed E-state index contributed by atoms with van der Waals surface area (Å²) in [6.45, 7) is 1.38. The molecule has 2 fully saturated rings. The van der Waals surface area contributed by atoms with Gasteiger partial charge in [0.25, 0.3) is 0 Å². The lowest BCUT2D eigenvalue weighted by Crippen LogP contribution is -2.53. The molecule has 0 saturated carbocycles. The van der Waals surface area contributed by atoms with Crippen molar-refractivity contribution in [2.75, 3.05) is 18.8 Å². The van der Waals surface area contributed by atoms with Crippen LogP contribution in [0.3, 0.4) is 0 Å². The van der Waals surface area contributed by atoms with Crippen molar-refractivity contribution < 1.29 is 26.0 Å². The van der Waals surface area contributed by atoms with E-state index in [1.54, 1.807) is 6.92 Å². The van der Waals surface area contributed by atoms with Crippen LogP contribution in [-0.2, 0) is 16.4 Å². The number of aryl methyl sites for hydroxylation is 1. The molecule has 124 valence electrons. The fourth-order valence-electron chi connectivity index (χ4n) is 3.64. The summed E-state index contributed by atoms with van der Waals surface area (Å²) in [5.74, 6) is 0.723. The highest BCUT2D eigenvalue weighted by Gasteiger charge is 2.67. The second kappa shape index (κ2) is 4.95. The van der Waals surface area contributed by atoms with Crippen LogP contribution in [0.25, 0.3) is 0 Å². The van der Waals surface area contributed by atoms with Gasteiger partial charge in [0.15, 0.2) is 15.7 Å². The predicted octanol–water partition coefficient (Wildman–Crippen LogP) is 1.92. The molecule has 22 heavy (non-hydrogen) atoms. The molecule has 0 aliphatic carbocycles. The molecule has 0 N–H and O–H groups in total. The van der Waals surface area contributed by atoms with Crippen molar-refractivity contribution in [1.29, 1.82) is 0 Å². The SMILES string of the molecule is Cc1ncc(CN2C[C@@H]3[C@@](C(F)(F)F)(CCCS3(=O)=O)C2)o1. The molecule has 0 radical (unpaired) electrons. The van der Waals surface area contributed by atoms with E-state index in [0.29, 0.717) is 11.7 Å². The second-order valence-electron chi connectivity index (χ2n) is 6.13. The summed E-state index contributed by atoms with van der Waals surface area (Å²) in [6.07, 6.45) is -3.14. The highest BCUT2D eigenvalue weighted by atomic mass is 32.2. The number of alkyl halides is 3. The summed E-state index contributed by atoms with van der Waals surface area (Å²) in [4.78, 5) is 5.43. The zero-order valence-electron chi connectivity index (χ0n) is 12.1. The van der Waals surface area contributed by atoms with Crippen molar-refractivity contribution in [2.45, 2.75) is 37.7 Å². The molecule has 0 unspecified atom stereocenters. The van der Waals surface area contributed by atoms with Crippen LogP contribution in [0.1, 0.15) is 24.5 Å². The number of aromatic nitrogens is 1. The number of hydrogen-bond acceptors (Lipinski definition) is 5. The lowest BCUT2D eigenvalue weighted by Gasteiger charge is -2.39. The maximum Gasteiger partial charge on any atom is 0.397 e. The van der Waals surface area contributed by atoms with Gasteiger partial charge in [0.05, 0.1) is 29.2 Å². The van der Waals surface area contributed by atoms with Crippen LogP contribution in [0.5, 0.6) is 0 Å². The zero-order valence-corrected chi connectivity index (χ0v) is 12.9. The van der Waals surface area contributed by atoms with Crippen LogP contribution < -0.4 is 0 Å². The van der Waals surface area contributed by atoms with Gasteiger partial charge >= 0.3 is 6.18 Å². The van der Waals surface area contributed by atoms with E-state index in [-0.39, 0.29) is 38.2 Å². The highest BCUT2D eigenvalue weighted by Crippen LogP contribution is 2.53. The Hall–Kier alpha value is -1.09. The number of likely N-dealkylation sites (tertiary alicyclic amines) is 1. The molecule has 2 aliphatic rings. The van der Waals surface area contributed by atoms with Crippen LogP contribution in [-0.4, -0.2) is 48.6 Å². The maximum atomic E-state index is 13.6. The third kappa shape index (κ3) is 2.44. The van der Waals surface area contributed by atoms with E-state index in [0.717, 1.165) is 0 Å².